The molecule has 6 nitrogen and oxygen atoms in total. The number of carbonyl (C=O) groups is 1. The molecule has 0 saturated heterocycles. The number of ketones is 1. The highest BCUT2D eigenvalue weighted by atomic mass is 32.2. The summed E-state index contributed by atoms with van der Waals surface area (Å²) in [5.41, 5.74) is 0.184. The fourth-order valence-electron chi connectivity index (χ4n) is 2.05. The summed E-state index contributed by atoms with van der Waals surface area (Å²) in [6.07, 6.45) is 0.929. The molecule has 130 valence electrons. The zero-order valence-corrected chi connectivity index (χ0v) is 15.5. The van der Waals surface area contributed by atoms with Crippen LogP contribution < -0.4 is 5.32 Å². The zero-order valence-electron chi connectivity index (χ0n) is 13.0. The maximum absolute atomic E-state index is 12.1. The van der Waals surface area contributed by atoms with Crippen molar-refractivity contribution in [3.63, 3.8) is 0 Å². The lowest BCUT2D eigenvalue weighted by Crippen LogP contribution is -2.03. The molecule has 2 aromatic heterocycles. The van der Waals surface area contributed by atoms with Crippen molar-refractivity contribution in [2.45, 2.75) is 10.8 Å². The van der Waals surface area contributed by atoms with E-state index in [-0.39, 0.29) is 28.6 Å². The molecule has 0 amide bonds. The standard InChI is InChI=1S/C16H15N3O3S3/c20-10-3-4-12(13(21)8-10)14(22)9-24-16-19-18-15(25-16)17-6-5-11-2-1-7-23-11/h1-4,7-8,20-21H,5-6,9H2,(H,17,18). The van der Waals surface area contributed by atoms with Crippen molar-refractivity contribution < 1.29 is 15.0 Å². The van der Waals surface area contributed by atoms with Gasteiger partial charge in [0.15, 0.2) is 10.1 Å². The molecule has 2 heterocycles. The highest BCUT2D eigenvalue weighted by Crippen LogP contribution is 2.28. The van der Waals surface area contributed by atoms with Crippen molar-refractivity contribution in [3.8, 4) is 11.5 Å². The third-order valence-corrected chi connectivity index (χ3v) is 6.19. The average molecular weight is 394 g/mol. The highest BCUT2D eigenvalue weighted by Gasteiger charge is 2.14. The minimum Gasteiger partial charge on any atom is -0.508 e. The zero-order chi connectivity index (χ0) is 17.6. The van der Waals surface area contributed by atoms with E-state index >= 15 is 0 Å². The molecule has 0 bridgehead atoms. The Morgan fingerprint density at radius 1 is 1.24 bits per heavy atom. The first-order valence-electron chi connectivity index (χ1n) is 7.39. The SMILES string of the molecule is O=C(CSc1nnc(NCCc2cccs2)s1)c1ccc(O)cc1O. The van der Waals surface area contributed by atoms with Gasteiger partial charge >= 0.3 is 0 Å². The van der Waals surface area contributed by atoms with E-state index in [1.807, 2.05) is 6.07 Å². The number of Topliss-reactive ketones (excluding diaryl/α,β-unsaturated/α-hetero) is 1. The number of hydrogen-bond donors (Lipinski definition) is 3. The summed E-state index contributed by atoms with van der Waals surface area (Å²) in [7, 11) is 0. The van der Waals surface area contributed by atoms with Gasteiger partial charge in [0.25, 0.3) is 0 Å². The smallest absolute Gasteiger partial charge is 0.206 e. The molecule has 25 heavy (non-hydrogen) atoms. The average Bonchev–Trinajstić information content (AvgIpc) is 3.24. The van der Waals surface area contributed by atoms with E-state index in [1.165, 1.54) is 40.1 Å². The Hall–Kier alpha value is -2.10. The van der Waals surface area contributed by atoms with Crippen LogP contribution in [0, 0.1) is 0 Å². The lowest BCUT2D eigenvalue weighted by atomic mass is 10.1. The van der Waals surface area contributed by atoms with Crippen molar-refractivity contribution >= 4 is 45.4 Å². The second-order valence-corrected chi connectivity index (χ2v) is 8.27. The van der Waals surface area contributed by atoms with Crippen LogP contribution in [0.5, 0.6) is 11.5 Å². The fraction of sp³-hybridized carbons (Fsp3) is 0.188. The van der Waals surface area contributed by atoms with Gasteiger partial charge in [0.2, 0.25) is 5.13 Å². The number of phenols is 2. The van der Waals surface area contributed by atoms with Crippen molar-refractivity contribution in [2.75, 3.05) is 17.6 Å². The van der Waals surface area contributed by atoms with E-state index in [2.05, 4.69) is 27.0 Å². The Morgan fingerprint density at radius 3 is 2.88 bits per heavy atom. The molecule has 0 aliphatic heterocycles. The second-order valence-electron chi connectivity index (χ2n) is 5.04. The number of phenolic OH excluding ortho intramolecular Hbond substituents is 2. The molecule has 0 unspecified atom stereocenters. The van der Waals surface area contributed by atoms with Crippen LogP contribution in [0.4, 0.5) is 5.13 Å². The van der Waals surface area contributed by atoms with Crippen LogP contribution in [0.2, 0.25) is 0 Å². The molecule has 3 aromatic rings. The van der Waals surface area contributed by atoms with Crippen LogP contribution in [0.25, 0.3) is 0 Å². The van der Waals surface area contributed by atoms with Gasteiger partial charge < -0.3 is 15.5 Å². The number of thiophene rings is 1. The molecule has 3 N–H and O–H groups in total. The van der Waals surface area contributed by atoms with Crippen molar-refractivity contribution in [1.82, 2.24) is 10.2 Å². The van der Waals surface area contributed by atoms with Gasteiger partial charge in [-0.2, -0.15) is 0 Å². The molecule has 0 radical (unpaired) electrons. The second kappa shape index (κ2) is 8.32. The Labute approximate surface area is 156 Å². The number of carbonyl (C=O) groups excluding carboxylic acids is 1. The minimum absolute atomic E-state index is 0.0795. The normalized spacial score (nSPS) is 10.7. The molecular weight excluding hydrogens is 378 g/mol. The summed E-state index contributed by atoms with van der Waals surface area (Å²) in [5.74, 6) is -0.393. The van der Waals surface area contributed by atoms with Crippen LogP contribution >= 0.6 is 34.4 Å². The monoisotopic (exact) mass is 393 g/mol. The summed E-state index contributed by atoms with van der Waals surface area (Å²) < 4.78 is 0.685. The Balaban J connectivity index is 1.48. The summed E-state index contributed by atoms with van der Waals surface area (Å²) in [6, 6.07) is 8.06. The molecule has 0 spiro atoms. The highest BCUT2D eigenvalue weighted by molar-refractivity contribution is 8.01. The number of rotatable bonds is 8. The van der Waals surface area contributed by atoms with E-state index in [1.54, 1.807) is 11.3 Å². The van der Waals surface area contributed by atoms with Crippen LogP contribution in [-0.2, 0) is 6.42 Å². The molecule has 0 aliphatic rings. The van der Waals surface area contributed by atoms with E-state index < -0.39 is 0 Å². The van der Waals surface area contributed by atoms with Crippen LogP contribution in [0.3, 0.4) is 0 Å². The number of aromatic hydroxyl groups is 2. The maximum atomic E-state index is 12.1. The van der Waals surface area contributed by atoms with E-state index in [0.29, 0.717) is 4.34 Å². The van der Waals surface area contributed by atoms with Gasteiger partial charge in [-0.15, -0.1) is 21.5 Å². The third kappa shape index (κ3) is 4.94. The van der Waals surface area contributed by atoms with Crippen molar-refractivity contribution in [2.24, 2.45) is 0 Å². The summed E-state index contributed by atoms with van der Waals surface area (Å²) in [4.78, 5) is 13.5. The fourth-order valence-corrected chi connectivity index (χ4v) is 4.42. The Kier molecular flexibility index (Phi) is 5.90. The number of nitrogens with zero attached hydrogens (tertiary/aromatic N) is 2. The van der Waals surface area contributed by atoms with E-state index in [4.69, 9.17) is 0 Å². The number of nitrogens with one attached hydrogen (secondary N) is 1. The topological polar surface area (TPSA) is 95.3 Å². The summed E-state index contributed by atoms with van der Waals surface area (Å²) in [5, 5.41) is 33.1. The van der Waals surface area contributed by atoms with E-state index in [0.717, 1.165) is 24.2 Å². The molecule has 0 atom stereocenters. The number of benzene rings is 1. The quantitative estimate of drug-likeness (QED) is 0.397. The Bertz CT molecular complexity index is 849. The molecule has 9 heteroatoms. The van der Waals surface area contributed by atoms with Gasteiger partial charge in [-0.05, 0) is 30.0 Å². The van der Waals surface area contributed by atoms with Gasteiger partial charge in [0.1, 0.15) is 11.5 Å². The third-order valence-electron chi connectivity index (χ3n) is 3.24. The first kappa shape index (κ1) is 17.7. The first-order valence-corrected chi connectivity index (χ1v) is 10.1. The van der Waals surface area contributed by atoms with Crippen molar-refractivity contribution in [1.29, 1.82) is 0 Å². The number of anilines is 1. The van der Waals surface area contributed by atoms with Gasteiger partial charge in [-0.3, -0.25) is 4.79 Å². The predicted molar refractivity (Wildman–Crippen MR) is 101 cm³/mol. The molecule has 0 aliphatic carbocycles. The summed E-state index contributed by atoms with van der Waals surface area (Å²) >= 11 is 4.39. The predicted octanol–water partition coefficient (Wildman–Crippen LogP) is 3.64. The number of thioether (sulfide) groups is 1. The largest absolute Gasteiger partial charge is 0.508 e. The van der Waals surface area contributed by atoms with Gasteiger partial charge in [-0.25, -0.2) is 0 Å². The lowest BCUT2D eigenvalue weighted by molar-refractivity contribution is 0.102. The van der Waals surface area contributed by atoms with Crippen LogP contribution in [0.15, 0.2) is 40.1 Å². The van der Waals surface area contributed by atoms with Gasteiger partial charge in [0, 0.05) is 17.5 Å². The molecule has 1 aromatic carbocycles. The van der Waals surface area contributed by atoms with Crippen LogP contribution in [-0.4, -0.2) is 38.5 Å². The maximum Gasteiger partial charge on any atom is 0.206 e. The first-order chi connectivity index (χ1) is 12.1. The Morgan fingerprint density at radius 2 is 2.12 bits per heavy atom. The molecule has 0 fully saturated rings. The number of aromatic nitrogens is 2. The van der Waals surface area contributed by atoms with Gasteiger partial charge in [0.05, 0.1) is 11.3 Å². The van der Waals surface area contributed by atoms with Gasteiger partial charge in [-0.1, -0.05) is 29.2 Å². The number of hydrogen-bond acceptors (Lipinski definition) is 9. The minimum atomic E-state index is -0.232. The molecule has 3 rings (SSSR count). The van der Waals surface area contributed by atoms with E-state index in [9.17, 15) is 15.0 Å². The molecule has 0 saturated carbocycles. The lowest BCUT2D eigenvalue weighted by Gasteiger charge is -2.03. The summed E-state index contributed by atoms with van der Waals surface area (Å²) in [6.45, 7) is 0.778. The molecular formula is C16H15N3O3S3. The van der Waals surface area contributed by atoms with Crippen molar-refractivity contribution in [3.05, 3.63) is 46.2 Å². The van der Waals surface area contributed by atoms with Crippen LogP contribution in [0.1, 0.15) is 15.2 Å².